The number of benzene rings is 2. The zero-order valence-corrected chi connectivity index (χ0v) is 22.0. The van der Waals surface area contributed by atoms with Crippen molar-refractivity contribution in [2.45, 2.75) is 38.6 Å². The summed E-state index contributed by atoms with van der Waals surface area (Å²) in [6.45, 7) is 2.37. The Labute approximate surface area is 220 Å². The first-order valence-corrected chi connectivity index (χ1v) is 12.7. The minimum atomic E-state index is -0.435. The third-order valence-electron chi connectivity index (χ3n) is 6.27. The van der Waals surface area contributed by atoms with Crippen LogP contribution in [0, 0.1) is 10.8 Å². The van der Waals surface area contributed by atoms with Crippen molar-refractivity contribution in [2.24, 2.45) is 11.2 Å². The van der Waals surface area contributed by atoms with Gasteiger partial charge in [-0.25, -0.2) is 4.79 Å². The fraction of sp³-hybridized carbons (Fsp3) is 0.407. The molecule has 2 amide bonds. The molecular formula is C27H32ClN3O6. The van der Waals surface area contributed by atoms with Gasteiger partial charge in [-0.3, -0.25) is 4.79 Å². The van der Waals surface area contributed by atoms with Gasteiger partial charge in [-0.2, -0.15) is 5.01 Å². The predicted molar refractivity (Wildman–Crippen MR) is 144 cm³/mol. The van der Waals surface area contributed by atoms with Crippen LogP contribution in [-0.2, 0) is 0 Å². The van der Waals surface area contributed by atoms with Crippen molar-refractivity contribution in [2.75, 3.05) is 26.6 Å². The van der Waals surface area contributed by atoms with Crippen molar-refractivity contribution >= 4 is 28.6 Å². The molecule has 1 aliphatic rings. The highest BCUT2D eigenvalue weighted by Gasteiger charge is 2.22. The molecule has 0 spiro atoms. The van der Waals surface area contributed by atoms with Gasteiger partial charge in [0, 0.05) is 17.5 Å². The number of alkyl halides is 1. The van der Waals surface area contributed by atoms with Crippen LogP contribution in [0.4, 0.5) is 4.79 Å². The highest BCUT2D eigenvalue weighted by atomic mass is 35.5. The Morgan fingerprint density at radius 1 is 1.08 bits per heavy atom. The number of nitrogens with one attached hydrogen (secondary N) is 1. The molecule has 1 aliphatic carbocycles. The monoisotopic (exact) mass is 529 g/mol. The number of hydrogen-bond acceptors (Lipinski definition) is 7. The van der Waals surface area contributed by atoms with Crippen molar-refractivity contribution in [3.05, 3.63) is 63.7 Å². The van der Waals surface area contributed by atoms with Crippen LogP contribution in [0.1, 0.15) is 32.6 Å². The van der Waals surface area contributed by atoms with E-state index >= 15 is 0 Å². The normalized spacial score (nSPS) is 16.8. The van der Waals surface area contributed by atoms with Crippen molar-refractivity contribution in [3.8, 4) is 22.8 Å². The highest BCUT2D eigenvalue weighted by molar-refractivity contribution is 6.18. The van der Waals surface area contributed by atoms with Gasteiger partial charge in [0.2, 0.25) is 11.2 Å². The molecule has 0 saturated heterocycles. The number of rotatable bonds is 7. The molecule has 1 saturated carbocycles. The van der Waals surface area contributed by atoms with Crippen LogP contribution in [0.5, 0.6) is 11.5 Å². The first-order valence-electron chi connectivity index (χ1n) is 12.1. The van der Waals surface area contributed by atoms with E-state index < -0.39 is 6.03 Å². The van der Waals surface area contributed by atoms with Crippen molar-refractivity contribution in [1.82, 2.24) is 10.3 Å². The van der Waals surface area contributed by atoms with Crippen molar-refractivity contribution in [3.63, 3.8) is 0 Å². The maximum absolute atomic E-state index is 12.6. The quantitative estimate of drug-likeness (QED) is 0.229. The summed E-state index contributed by atoms with van der Waals surface area (Å²) in [6.07, 6.45) is 4.19. The Morgan fingerprint density at radius 2 is 1.78 bits per heavy atom. The van der Waals surface area contributed by atoms with Gasteiger partial charge in [-0.05, 0) is 43.7 Å². The molecule has 1 N–H and O–H groups in total. The summed E-state index contributed by atoms with van der Waals surface area (Å²) in [7, 11) is 3.01. The summed E-state index contributed by atoms with van der Waals surface area (Å²) >= 11 is 5.46. The first kappa shape index (κ1) is 28.0. The second kappa shape index (κ2) is 13.6. The van der Waals surface area contributed by atoms with Crippen molar-refractivity contribution < 1.29 is 18.7 Å². The molecule has 10 heteroatoms. The van der Waals surface area contributed by atoms with Gasteiger partial charge in [0.1, 0.15) is 0 Å². The van der Waals surface area contributed by atoms with E-state index in [1.807, 2.05) is 30.3 Å². The zero-order valence-electron chi connectivity index (χ0n) is 21.2. The van der Waals surface area contributed by atoms with E-state index in [4.69, 9.17) is 25.5 Å². The number of para-hydroxylation sites is 1. The van der Waals surface area contributed by atoms with Crippen LogP contribution in [0.15, 0.2) is 63.0 Å². The van der Waals surface area contributed by atoms with Crippen LogP contribution in [-0.4, -0.2) is 43.7 Å². The largest absolute Gasteiger partial charge is 0.493 e. The number of fused-ring (bicyclic) bond motifs is 1. The second-order valence-corrected chi connectivity index (χ2v) is 9.17. The molecule has 0 radical (unpaired) electrons. The summed E-state index contributed by atoms with van der Waals surface area (Å²) in [5.74, 6) is 2.06. The molecule has 0 aliphatic heterocycles. The molecular weight excluding hydrogens is 498 g/mol. The van der Waals surface area contributed by atoms with Gasteiger partial charge in [0.25, 0.3) is 0 Å². The molecule has 1 aromatic heterocycles. The van der Waals surface area contributed by atoms with Crippen LogP contribution in [0.3, 0.4) is 0 Å². The number of nitrogens with zero attached hydrogens (tertiary/aromatic N) is 2. The van der Waals surface area contributed by atoms with E-state index in [0.29, 0.717) is 22.5 Å². The van der Waals surface area contributed by atoms with Gasteiger partial charge < -0.3 is 19.2 Å². The van der Waals surface area contributed by atoms with Gasteiger partial charge in [-0.15, -0.1) is 16.5 Å². The molecule has 37 heavy (non-hydrogen) atoms. The van der Waals surface area contributed by atoms with E-state index in [1.54, 1.807) is 25.3 Å². The number of halogens is 1. The van der Waals surface area contributed by atoms with Gasteiger partial charge in [-0.1, -0.05) is 43.3 Å². The molecule has 4 rings (SSSR count). The lowest BCUT2D eigenvalue weighted by Gasteiger charge is -2.27. The maximum atomic E-state index is 12.6. The van der Waals surface area contributed by atoms with Gasteiger partial charge >= 0.3 is 6.03 Å². The standard InChI is InChI=1S/C17H14O4.C10H18ClN3O2/c1-19-13-10-6-9-12-14(18)17(20-2)15(21-16(12)13)11-7-4-3-5-8-11;1-8-2-4-9(5-3-8)12-10(15)14(13-16)7-6-11/h3-10H,1-2H3;8-9H,2-7H2,1H3,(H,12,15). The molecule has 1 fully saturated rings. The SMILES string of the molecule is CC1CCC(NC(=O)N(CCCl)N=O)CC1.COc1c(-c2ccccc2)oc2c(OC)cccc2c1=O. The lowest BCUT2D eigenvalue weighted by Crippen LogP contribution is -2.44. The number of amides is 2. The molecule has 0 unspecified atom stereocenters. The maximum Gasteiger partial charge on any atom is 0.340 e. The van der Waals surface area contributed by atoms with Crippen LogP contribution < -0.4 is 20.2 Å². The molecule has 0 atom stereocenters. The lowest BCUT2D eigenvalue weighted by molar-refractivity contribution is 0.191. The Hall–Kier alpha value is -3.59. The Morgan fingerprint density at radius 3 is 2.38 bits per heavy atom. The lowest BCUT2D eigenvalue weighted by atomic mass is 9.87. The summed E-state index contributed by atoms with van der Waals surface area (Å²) in [5.41, 5.74) is 0.986. The number of nitroso groups, excluding NO2 is 1. The Balaban J connectivity index is 0.000000214. The summed E-state index contributed by atoms with van der Waals surface area (Å²) in [5, 5.41) is 6.73. The fourth-order valence-electron chi connectivity index (χ4n) is 4.21. The topological polar surface area (TPSA) is 110 Å². The average Bonchev–Trinajstić information content (AvgIpc) is 2.93. The minimum Gasteiger partial charge on any atom is -0.493 e. The number of urea groups is 1. The molecule has 1 heterocycles. The summed E-state index contributed by atoms with van der Waals surface area (Å²) in [6, 6.07) is 14.3. The molecule has 3 aromatic rings. The van der Waals surface area contributed by atoms with Gasteiger partial charge in [0.05, 0.1) is 31.4 Å². The van der Waals surface area contributed by atoms with Crippen LogP contribution in [0.2, 0.25) is 0 Å². The van der Waals surface area contributed by atoms with Crippen molar-refractivity contribution in [1.29, 1.82) is 0 Å². The smallest absolute Gasteiger partial charge is 0.340 e. The third-order valence-corrected chi connectivity index (χ3v) is 6.44. The number of hydrogen-bond donors (Lipinski definition) is 1. The highest BCUT2D eigenvalue weighted by Crippen LogP contribution is 2.34. The van der Waals surface area contributed by atoms with Gasteiger partial charge in [0.15, 0.2) is 17.1 Å². The fourth-order valence-corrected chi connectivity index (χ4v) is 4.37. The molecule has 9 nitrogen and oxygen atoms in total. The van der Waals surface area contributed by atoms with E-state index in [-0.39, 0.29) is 29.6 Å². The number of carbonyl (C=O) groups excluding carboxylic acids is 1. The number of ether oxygens (including phenoxy) is 2. The van der Waals surface area contributed by atoms with E-state index in [2.05, 4.69) is 17.5 Å². The Kier molecular flexibility index (Phi) is 10.3. The third kappa shape index (κ3) is 7.01. The first-order chi connectivity index (χ1) is 17.9. The second-order valence-electron chi connectivity index (χ2n) is 8.80. The molecule has 0 bridgehead atoms. The van der Waals surface area contributed by atoms with Crippen LogP contribution >= 0.6 is 11.6 Å². The number of methoxy groups -OCH3 is 2. The number of carbonyl (C=O) groups is 1. The predicted octanol–water partition coefficient (Wildman–Crippen LogP) is 5.97. The average molecular weight is 530 g/mol. The summed E-state index contributed by atoms with van der Waals surface area (Å²) in [4.78, 5) is 34.5. The minimum absolute atomic E-state index is 0.153. The molecule has 2 aromatic carbocycles. The van der Waals surface area contributed by atoms with E-state index in [9.17, 15) is 14.5 Å². The Bertz CT molecular complexity index is 1240. The van der Waals surface area contributed by atoms with Crippen LogP contribution in [0.25, 0.3) is 22.3 Å². The summed E-state index contributed by atoms with van der Waals surface area (Å²) < 4.78 is 16.5. The van der Waals surface area contributed by atoms with E-state index in [0.717, 1.165) is 42.2 Å². The zero-order chi connectivity index (χ0) is 26.8. The molecule has 198 valence electrons. The van der Waals surface area contributed by atoms with E-state index in [1.165, 1.54) is 7.11 Å².